The highest BCUT2D eigenvalue weighted by Gasteiger charge is 2.42. The Labute approximate surface area is 170 Å². The first-order valence-corrected chi connectivity index (χ1v) is 11.4. The fourth-order valence-corrected chi connectivity index (χ4v) is 5.61. The Morgan fingerprint density at radius 1 is 1.10 bits per heavy atom. The Hall–Kier alpha value is -2.92. The normalized spacial score (nSPS) is 21.1. The van der Waals surface area contributed by atoms with Crippen LogP contribution in [0.25, 0.3) is 0 Å². The van der Waals surface area contributed by atoms with Crippen LogP contribution in [0.3, 0.4) is 0 Å². The number of hydrogen-bond donors (Lipinski definition) is 0. The molecular weight excluding hydrogens is 388 g/mol. The molecule has 2 unspecified atom stereocenters. The largest absolute Gasteiger partial charge is 0.347 e. The number of likely N-dealkylation sites (tertiary alicyclic amines) is 1. The Morgan fingerprint density at radius 2 is 1.79 bits per heavy atom. The SMILES string of the molecule is N#Cc1ccc(N2C3CCC2CN(C(=O)CS(=O)(=O)Cc2ccccc2)C3)nc1. The molecule has 2 aromatic rings. The molecule has 8 heteroatoms. The van der Waals surface area contributed by atoms with E-state index in [4.69, 9.17) is 5.26 Å². The smallest absolute Gasteiger partial charge is 0.237 e. The van der Waals surface area contributed by atoms with Crippen molar-refractivity contribution < 1.29 is 13.2 Å². The molecule has 1 aromatic carbocycles. The first-order chi connectivity index (χ1) is 13.9. The van der Waals surface area contributed by atoms with Gasteiger partial charge in [-0.05, 0) is 30.5 Å². The Bertz CT molecular complexity index is 1020. The van der Waals surface area contributed by atoms with Crippen molar-refractivity contribution >= 4 is 21.6 Å². The van der Waals surface area contributed by atoms with Gasteiger partial charge in [0.15, 0.2) is 9.84 Å². The van der Waals surface area contributed by atoms with E-state index in [0.29, 0.717) is 24.2 Å². The number of pyridine rings is 1. The van der Waals surface area contributed by atoms with E-state index in [-0.39, 0.29) is 23.7 Å². The number of nitriles is 1. The lowest BCUT2D eigenvalue weighted by Gasteiger charge is -2.41. The van der Waals surface area contributed by atoms with E-state index in [1.165, 1.54) is 0 Å². The summed E-state index contributed by atoms with van der Waals surface area (Å²) in [6, 6.07) is 14.8. The Balaban J connectivity index is 1.41. The second-order valence-electron chi connectivity index (χ2n) is 7.63. The summed E-state index contributed by atoms with van der Waals surface area (Å²) in [5, 5.41) is 8.94. The van der Waals surface area contributed by atoms with E-state index in [1.807, 2.05) is 12.1 Å². The molecule has 0 spiro atoms. The number of carbonyl (C=O) groups is 1. The van der Waals surface area contributed by atoms with Gasteiger partial charge in [0, 0.05) is 31.4 Å². The summed E-state index contributed by atoms with van der Waals surface area (Å²) in [6.07, 6.45) is 3.43. The summed E-state index contributed by atoms with van der Waals surface area (Å²) >= 11 is 0. The quantitative estimate of drug-likeness (QED) is 0.745. The van der Waals surface area contributed by atoms with Crippen molar-refractivity contribution in [2.45, 2.75) is 30.7 Å². The number of amides is 1. The number of aromatic nitrogens is 1. The van der Waals surface area contributed by atoms with E-state index in [2.05, 4.69) is 16.0 Å². The van der Waals surface area contributed by atoms with E-state index >= 15 is 0 Å². The number of hydrogen-bond acceptors (Lipinski definition) is 6. The summed E-state index contributed by atoms with van der Waals surface area (Å²) in [7, 11) is -3.52. The zero-order valence-electron chi connectivity index (χ0n) is 15.9. The first kappa shape index (κ1) is 19.4. The van der Waals surface area contributed by atoms with Crippen molar-refractivity contribution in [3.63, 3.8) is 0 Å². The van der Waals surface area contributed by atoms with E-state index in [9.17, 15) is 13.2 Å². The predicted octanol–water partition coefficient (Wildman–Crippen LogP) is 1.75. The minimum absolute atomic E-state index is 0.120. The molecule has 4 rings (SSSR count). The highest BCUT2D eigenvalue weighted by molar-refractivity contribution is 7.91. The highest BCUT2D eigenvalue weighted by atomic mass is 32.2. The summed E-state index contributed by atoms with van der Waals surface area (Å²) in [6.45, 7) is 0.996. The van der Waals surface area contributed by atoms with Crippen molar-refractivity contribution in [2.24, 2.45) is 0 Å². The average molecular weight is 410 g/mol. The molecule has 2 fully saturated rings. The number of carbonyl (C=O) groups excluding carboxylic acids is 1. The van der Waals surface area contributed by atoms with Crippen LogP contribution in [-0.2, 0) is 20.4 Å². The summed E-state index contributed by atoms with van der Waals surface area (Å²) in [4.78, 5) is 21.0. The standard InChI is InChI=1S/C21H22N4O3S/c22-10-17-6-9-20(23-11-17)25-18-7-8-19(25)13-24(12-18)21(26)15-29(27,28)14-16-4-2-1-3-5-16/h1-6,9,11,18-19H,7-8,12-15H2. The molecule has 3 heterocycles. The van der Waals surface area contributed by atoms with E-state index in [0.717, 1.165) is 18.7 Å². The van der Waals surface area contributed by atoms with Gasteiger partial charge in [-0.25, -0.2) is 13.4 Å². The number of rotatable bonds is 5. The third-order valence-electron chi connectivity index (χ3n) is 5.55. The maximum absolute atomic E-state index is 12.7. The summed E-state index contributed by atoms with van der Waals surface area (Å²) in [5.74, 6) is -0.108. The molecule has 1 aromatic heterocycles. The number of piperazine rings is 1. The maximum atomic E-state index is 12.7. The molecule has 2 saturated heterocycles. The van der Waals surface area contributed by atoms with Crippen LogP contribution in [0.5, 0.6) is 0 Å². The molecule has 29 heavy (non-hydrogen) atoms. The van der Waals surface area contributed by atoms with Crippen LogP contribution in [0.2, 0.25) is 0 Å². The van der Waals surface area contributed by atoms with Gasteiger partial charge in [0.25, 0.3) is 0 Å². The second-order valence-corrected chi connectivity index (χ2v) is 9.69. The van der Waals surface area contributed by atoms with Crippen LogP contribution in [0.15, 0.2) is 48.7 Å². The first-order valence-electron chi connectivity index (χ1n) is 9.62. The monoisotopic (exact) mass is 410 g/mol. The number of benzene rings is 1. The molecule has 2 aliphatic heterocycles. The van der Waals surface area contributed by atoms with Crippen LogP contribution in [0, 0.1) is 11.3 Å². The van der Waals surface area contributed by atoms with Crippen molar-refractivity contribution in [1.82, 2.24) is 9.88 Å². The lowest BCUT2D eigenvalue weighted by Crippen LogP contribution is -2.56. The molecule has 2 atom stereocenters. The van der Waals surface area contributed by atoms with Crippen molar-refractivity contribution in [2.75, 3.05) is 23.7 Å². The Morgan fingerprint density at radius 3 is 2.38 bits per heavy atom. The molecule has 0 saturated carbocycles. The van der Waals surface area contributed by atoms with Gasteiger partial charge in [0.1, 0.15) is 17.6 Å². The van der Waals surface area contributed by atoms with Gasteiger partial charge in [-0.15, -0.1) is 0 Å². The fraction of sp³-hybridized carbons (Fsp3) is 0.381. The minimum atomic E-state index is -3.52. The summed E-state index contributed by atoms with van der Waals surface area (Å²) in [5.41, 5.74) is 1.20. The topological polar surface area (TPSA) is 94.4 Å². The van der Waals surface area contributed by atoms with Gasteiger partial charge in [-0.2, -0.15) is 5.26 Å². The Kier molecular flexibility index (Phi) is 5.24. The molecule has 0 radical (unpaired) electrons. The van der Waals surface area contributed by atoms with Gasteiger partial charge in [-0.1, -0.05) is 30.3 Å². The molecule has 150 valence electrons. The fourth-order valence-electron chi connectivity index (χ4n) is 4.24. The van der Waals surface area contributed by atoms with Crippen LogP contribution >= 0.6 is 0 Å². The number of sulfone groups is 1. The van der Waals surface area contributed by atoms with Gasteiger partial charge < -0.3 is 9.80 Å². The lowest BCUT2D eigenvalue weighted by molar-refractivity contribution is -0.129. The third-order valence-corrected chi connectivity index (χ3v) is 7.01. The molecule has 2 bridgehead atoms. The van der Waals surface area contributed by atoms with Crippen LogP contribution in [0.4, 0.5) is 5.82 Å². The van der Waals surface area contributed by atoms with Crippen LogP contribution in [-0.4, -0.2) is 55.1 Å². The number of anilines is 1. The predicted molar refractivity (Wildman–Crippen MR) is 109 cm³/mol. The second kappa shape index (κ2) is 7.84. The van der Waals surface area contributed by atoms with Gasteiger partial charge >= 0.3 is 0 Å². The van der Waals surface area contributed by atoms with Gasteiger partial charge in [-0.3, -0.25) is 4.79 Å². The van der Waals surface area contributed by atoms with Crippen LogP contribution in [0.1, 0.15) is 24.0 Å². The third kappa shape index (κ3) is 4.25. The van der Waals surface area contributed by atoms with Crippen molar-refractivity contribution in [1.29, 1.82) is 5.26 Å². The highest BCUT2D eigenvalue weighted by Crippen LogP contribution is 2.34. The molecule has 2 aliphatic rings. The van der Waals surface area contributed by atoms with Crippen molar-refractivity contribution in [3.8, 4) is 6.07 Å². The molecule has 7 nitrogen and oxygen atoms in total. The lowest BCUT2D eigenvalue weighted by atomic mass is 10.1. The van der Waals surface area contributed by atoms with Crippen LogP contribution < -0.4 is 4.90 Å². The van der Waals surface area contributed by atoms with E-state index < -0.39 is 15.6 Å². The average Bonchev–Trinajstić information content (AvgIpc) is 2.97. The zero-order chi connectivity index (χ0) is 20.4. The van der Waals surface area contributed by atoms with Gasteiger partial charge in [0.2, 0.25) is 5.91 Å². The van der Waals surface area contributed by atoms with E-state index in [1.54, 1.807) is 41.4 Å². The zero-order valence-corrected chi connectivity index (χ0v) is 16.8. The molecule has 1 amide bonds. The number of fused-ring (bicyclic) bond motifs is 2. The molecule has 0 aliphatic carbocycles. The number of nitrogens with zero attached hydrogens (tertiary/aromatic N) is 4. The summed E-state index contributed by atoms with van der Waals surface area (Å²) < 4.78 is 25.0. The molecule has 0 N–H and O–H groups in total. The minimum Gasteiger partial charge on any atom is -0.347 e. The maximum Gasteiger partial charge on any atom is 0.237 e. The van der Waals surface area contributed by atoms with Crippen molar-refractivity contribution in [3.05, 3.63) is 59.8 Å². The van der Waals surface area contributed by atoms with Gasteiger partial charge in [0.05, 0.1) is 11.3 Å². The molecular formula is C21H22N4O3S.